The molecule has 1 saturated heterocycles. The van der Waals surface area contributed by atoms with Crippen LogP contribution in [0.15, 0.2) is 18.2 Å². The molecule has 2 rings (SSSR count). The number of halogens is 2. The van der Waals surface area contributed by atoms with Crippen LogP contribution in [-0.2, 0) is 4.74 Å². The third kappa shape index (κ3) is 3.29. The molecule has 20 heavy (non-hydrogen) atoms. The standard InChI is InChI=1S/C16H23F2NO/c1-10(2)14-6-5-13(7-15(14)16(17)18)19-8-11(3)20-12(4)9-19/h5-7,10-12,16H,8-9H2,1-4H3/t11-,12+. The highest BCUT2D eigenvalue weighted by Gasteiger charge is 2.24. The van der Waals surface area contributed by atoms with Gasteiger partial charge in [-0.3, -0.25) is 0 Å². The number of benzene rings is 1. The van der Waals surface area contributed by atoms with Crippen LogP contribution in [-0.4, -0.2) is 25.3 Å². The first-order valence-corrected chi connectivity index (χ1v) is 7.21. The van der Waals surface area contributed by atoms with Gasteiger partial charge in [0, 0.05) is 24.3 Å². The highest BCUT2D eigenvalue weighted by molar-refractivity contribution is 5.52. The van der Waals surface area contributed by atoms with Gasteiger partial charge in [0.2, 0.25) is 0 Å². The molecule has 1 fully saturated rings. The lowest BCUT2D eigenvalue weighted by molar-refractivity contribution is -0.00522. The number of rotatable bonds is 3. The van der Waals surface area contributed by atoms with E-state index in [0.717, 1.165) is 24.3 Å². The number of ether oxygens (including phenoxy) is 1. The molecule has 4 heteroatoms. The Morgan fingerprint density at radius 1 is 1.10 bits per heavy atom. The smallest absolute Gasteiger partial charge is 0.264 e. The van der Waals surface area contributed by atoms with Gasteiger partial charge in [0.1, 0.15) is 0 Å². The van der Waals surface area contributed by atoms with Crippen LogP contribution in [0.25, 0.3) is 0 Å². The minimum Gasteiger partial charge on any atom is -0.372 e. The number of alkyl halides is 2. The molecule has 0 spiro atoms. The maximum absolute atomic E-state index is 13.2. The molecule has 2 atom stereocenters. The number of hydrogen-bond donors (Lipinski definition) is 0. The van der Waals surface area contributed by atoms with Crippen molar-refractivity contribution >= 4 is 5.69 Å². The largest absolute Gasteiger partial charge is 0.372 e. The zero-order chi connectivity index (χ0) is 14.9. The summed E-state index contributed by atoms with van der Waals surface area (Å²) in [6.07, 6.45) is -2.18. The number of nitrogens with zero attached hydrogens (tertiary/aromatic N) is 1. The minimum atomic E-state index is -2.43. The lowest BCUT2D eigenvalue weighted by Crippen LogP contribution is -2.45. The summed E-state index contributed by atoms with van der Waals surface area (Å²) in [6.45, 7) is 9.40. The second-order valence-electron chi connectivity index (χ2n) is 5.93. The van der Waals surface area contributed by atoms with Crippen molar-refractivity contribution in [3.63, 3.8) is 0 Å². The van der Waals surface area contributed by atoms with E-state index in [1.54, 1.807) is 6.07 Å². The molecule has 0 unspecified atom stereocenters. The molecule has 1 aliphatic heterocycles. The van der Waals surface area contributed by atoms with Crippen LogP contribution >= 0.6 is 0 Å². The molecule has 1 heterocycles. The van der Waals surface area contributed by atoms with Crippen molar-refractivity contribution in [1.29, 1.82) is 0 Å². The van der Waals surface area contributed by atoms with E-state index < -0.39 is 6.43 Å². The second-order valence-corrected chi connectivity index (χ2v) is 5.93. The van der Waals surface area contributed by atoms with Crippen LogP contribution in [0, 0.1) is 0 Å². The van der Waals surface area contributed by atoms with Gasteiger partial charge in [-0.1, -0.05) is 19.9 Å². The predicted octanol–water partition coefficient (Wildman–Crippen LogP) is 4.36. The fourth-order valence-corrected chi connectivity index (χ4v) is 2.86. The first kappa shape index (κ1) is 15.2. The first-order chi connectivity index (χ1) is 9.38. The Hall–Kier alpha value is -1.16. The van der Waals surface area contributed by atoms with Gasteiger partial charge in [-0.15, -0.1) is 0 Å². The highest BCUT2D eigenvalue weighted by Crippen LogP contribution is 2.32. The van der Waals surface area contributed by atoms with Crippen LogP contribution in [0.4, 0.5) is 14.5 Å². The van der Waals surface area contributed by atoms with Crippen molar-refractivity contribution in [2.75, 3.05) is 18.0 Å². The van der Waals surface area contributed by atoms with Crippen molar-refractivity contribution in [3.8, 4) is 0 Å². The molecule has 112 valence electrons. The Bertz CT molecular complexity index is 452. The van der Waals surface area contributed by atoms with Crippen molar-refractivity contribution in [2.45, 2.75) is 52.2 Å². The SMILES string of the molecule is CC(C)c1ccc(N2C[C@@H](C)O[C@@H](C)C2)cc1C(F)F. The summed E-state index contributed by atoms with van der Waals surface area (Å²) in [5.41, 5.74) is 1.76. The van der Waals surface area contributed by atoms with E-state index in [2.05, 4.69) is 4.90 Å². The molecule has 0 saturated carbocycles. The van der Waals surface area contributed by atoms with E-state index in [1.807, 2.05) is 39.8 Å². The minimum absolute atomic E-state index is 0.107. The summed E-state index contributed by atoms with van der Waals surface area (Å²) in [4.78, 5) is 2.13. The zero-order valence-corrected chi connectivity index (χ0v) is 12.6. The monoisotopic (exact) mass is 283 g/mol. The third-order valence-corrected chi connectivity index (χ3v) is 3.71. The summed E-state index contributed by atoms with van der Waals surface area (Å²) in [5.74, 6) is 0.107. The van der Waals surface area contributed by atoms with E-state index in [0.29, 0.717) is 0 Å². The van der Waals surface area contributed by atoms with Crippen molar-refractivity contribution in [2.24, 2.45) is 0 Å². The summed E-state index contributed by atoms with van der Waals surface area (Å²) in [6, 6.07) is 5.43. The fourth-order valence-electron chi connectivity index (χ4n) is 2.86. The summed E-state index contributed by atoms with van der Waals surface area (Å²) in [5, 5.41) is 0. The van der Waals surface area contributed by atoms with Crippen LogP contribution in [0.5, 0.6) is 0 Å². The molecule has 0 N–H and O–H groups in total. The van der Waals surface area contributed by atoms with Crippen LogP contribution in [0.3, 0.4) is 0 Å². The average molecular weight is 283 g/mol. The molecule has 0 aliphatic carbocycles. The maximum Gasteiger partial charge on any atom is 0.264 e. The molecule has 2 nitrogen and oxygen atoms in total. The second kappa shape index (κ2) is 6.08. The van der Waals surface area contributed by atoms with Gasteiger partial charge in [0.25, 0.3) is 6.43 Å². The molecule has 1 aliphatic rings. The van der Waals surface area contributed by atoms with E-state index in [9.17, 15) is 8.78 Å². The van der Waals surface area contributed by atoms with Gasteiger partial charge in [-0.05, 0) is 37.5 Å². The predicted molar refractivity (Wildman–Crippen MR) is 77.7 cm³/mol. The number of anilines is 1. The fraction of sp³-hybridized carbons (Fsp3) is 0.625. The van der Waals surface area contributed by atoms with Gasteiger partial charge in [-0.2, -0.15) is 0 Å². The van der Waals surface area contributed by atoms with Gasteiger partial charge in [0.05, 0.1) is 12.2 Å². The first-order valence-electron chi connectivity index (χ1n) is 7.21. The van der Waals surface area contributed by atoms with E-state index in [-0.39, 0.29) is 23.7 Å². The molecule has 0 amide bonds. The summed E-state index contributed by atoms with van der Waals surface area (Å²) >= 11 is 0. The third-order valence-electron chi connectivity index (χ3n) is 3.71. The molecule has 0 aromatic heterocycles. The Morgan fingerprint density at radius 3 is 2.20 bits per heavy atom. The van der Waals surface area contributed by atoms with Crippen LogP contribution < -0.4 is 4.90 Å². The van der Waals surface area contributed by atoms with Crippen molar-refractivity contribution in [3.05, 3.63) is 29.3 Å². The van der Waals surface area contributed by atoms with Gasteiger partial charge >= 0.3 is 0 Å². The maximum atomic E-state index is 13.2. The van der Waals surface area contributed by atoms with Gasteiger partial charge in [0.15, 0.2) is 0 Å². The number of hydrogen-bond acceptors (Lipinski definition) is 2. The van der Waals surface area contributed by atoms with E-state index in [4.69, 9.17) is 4.74 Å². The Balaban J connectivity index is 2.31. The molecule has 0 radical (unpaired) electrons. The molecule has 1 aromatic rings. The lowest BCUT2D eigenvalue weighted by atomic mass is 9.96. The Kier molecular flexibility index (Phi) is 4.63. The lowest BCUT2D eigenvalue weighted by Gasteiger charge is -2.37. The molecule has 0 bridgehead atoms. The van der Waals surface area contributed by atoms with Gasteiger partial charge in [-0.25, -0.2) is 8.78 Å². The Labute approximate surface area is 119 Å². The Morgan fingerprint density at radius 2 is 1.70 bits per heavy atom. The zero-order valence-electron chi connectivity index (χ0n) is 12.6. The summed E-state index contributed by atoms with van der Waals surface area (Å²) in [7, 11) is 0. The number of morpholine rings is 1. The van der Waals surface area contributed by atoms with Crippen LogP contribution in [0.1, 0.15) is 51.2 Å². The molecule has 1 aromatic carbocycles. The summed E-state index contributed by atoms with van der Waals surface area (Å²) < 4.78 is 32.2. The van der Waals surface area contributed by atoms with E-state index >= 15 is 0 Å². The highest BCUT2D eigenvalue weighted by atomic mass is 19.3. The van der Waals surface area contributed by atoms with E-state index in [1.165, 1.54) is 0 Å². The van der Waals surface area contributed by atoms with Gasteiger partial charge < -0.3 is 9.64 Å². The average Bonchev–Trinajstić information content (AvgIpc) is 2.36. The van der Waals surface area contributed by atoms with Crippen LogP contribution in [0.2, 0.25) is 0 Å². The van der Waals surface area contributed by atoms with Crippen molar-refractivity contribution in [1.82, 2.24) is 0 Å². The quantitative estimate of drug-likeness (QED) is 0.817. The molecular formula is C16H23F2NO. The topological polar surface area (TPSA) is 12.5 Å². The normalized spacial score (nSPS) is 23.7. The molecular weight excluding hydrogens is 260 g/mol. The van der Waals surface area contributed by atoms with Crippen molar-refractivity contribution < 1.29 is 13.5 Å².